The normalized spacial score (nSPS) is 12.0. The number of hydrazone groups is 1. The second kappa shape index (κ2) is 5.65. The monoisotopic (exact) mass is 317 g/mol. The Kier molecular flexibility index (Phi) is 3.68. The average Bonchev–Trinajstić information content (AvgIpc) is 2.87. The first-order chi connectivity index (χ1) is 10.6. The average molecular weight is 318 g/mol. The number of nitrogens with two attached hydrogens (primary N) is 2. The molecule has 7 heteroatoms. The van der Waals surface area contributed by atoms with Crippen LogP contribution in [0, 0.1) is 5.82 Å². The van der Waals surface area contributed by atoms with Crippen LogP contribution in [0.1, 0.15) is 11.3 Å². The van der Waals surface area contributed by atoms with Crippen LogP contribution in [0.4, 0.5) is 4.39 Å². The zero-order chi connectivity index (χ0) is 15.7. The zero-order valence-corrected chi connectivity index (χ0v) is 12.3. The Balaban J connectivity index is 2.17. The molecule has 0 fully saturated rings. The maximum absolute atomic E-state index is 13.9. The molecule has 0 spiro atoms. The van der Waals surface area contributed by atoms with Gasteiger partial charge in [-0.25, -0.2) is 4.39 Å². The van der Waals surface area contributed by atoms with Gasteiger partial charge in [-0.15, -0.1) is 0 Å². The summed E-state index contributed by atoms with van der Waals surface area (Å²) in [6.07, 6.45) is 0. The molecule has 0 bridgehead atoms. The van der Waals surface area contributed by atoms with Crippen molar-refractivity contribution in [1.82, 2.24) is 9.78 Å². The van der Waals surface area contributed by atoms with Crippen molar-refractivity contribution in [3.63, 3.8) is 0 Å². The summed E-state index contributed by atoms with van der Waals surface area (Å²) in [5.74, 6) is 5.05. The molecule has 0 unspecified atom stereocenters. The topological polar surface area (TPSA) is 82.2 Å². The maximum Gasteiger partial charge on any atom is 0.171 e. The van der Waals surface area contributed by atoms with Gasteiger partial charge in [-0.05, 0) is 24.3 Å². The lowest BCUT2D eigenvalue weighted by Gasteiger charge is -2.05. The Bertz CT molecular complexity index is 871. The molecule has 3 aromatic rings. The lowest BCUT2D eigenvalue weighted by Crippen LogP contribution is -2.17. The highest BCUT2D eigenvalue weighted by Crippen LogP contribution is 2.23. The fourth-order valence-corrected chi connectivity index (χ4v) is 2.47. The van der Waals surface area contributed by atoms with Gasteiger partial charge < -0.3 is 11.6 Å². The predicted molar refractivity (Wildman–Crippen MR) is 85.2 cm³/mol. The van der Waals surface area contributed by atoms with Crippen molar-refractivity contribution in [3.05, 3.63) is 64.6 Å². The lowest BCUT2D eigenvalue weighted by atomic mass is 10.2. The van der Waals surface area contributed by atoms with Crippen LogP contribution in [0.25, 0.3) is 10.9 Å². The molecule has 0 amide bonds. The second-order valence-electron chi connectivity index (χ2n) is 4.77. The number of nitrogens with zero attached hydrogens (tertiary/aromatic N) is 3. The highest BCUT2D eigenvalue weighted by molar-refractivity contribution is 6.31. The molecule has 2 aromatic carbocycles. The van der Waals surface area contributed by atoms with Gasteiger partial charge in [0.2, 0.25) is 0 Å². The van der Waals surface area contributed by atoms with E-state index < -0.39 is 0 Å². The SMILES string of the molecule is N/N=C(\N)c1nn(Cc2ccccc2F)c2cc(Cl)ccc12. The molecule has 0 radical (unpaired) electrons. The maximum atomic E-state index is 13.9. The smallest absolute Gasteiger partial charge is 0.171 e. The van der Waals surface area contributed by atoms with Gasteiger partial charge >= 0.3 is 0 Å². The first-order valence-corrected chi connectivity index (χ1v) is 6.91. The van der Waals surface area contributed by atoms with Crippen LogP contribution in [-0.4, -0.2) is 15.6 Å². The Morgan fingerprint density at radius 2 is 2.05 bits per heavy atom. The number of hydrogen-bond acceptors (Lipinski definition) is 3. The summed E-state index contributed by atoms with van der Waals surface area (Å²) in [7, 11) is 0. The van der Waals surface area contributed by atoms with Gasteiger partial charge in [0, 0.05) is 16.0 Å². The second-order valence-corrected chi connectivity index (χ2v) is 5.21. The Morgan fingerprint density at radius 1 is 1.27 bits per heavy atom. The minimum absolute atomic E-state index is 0.111. The molecule has 1 heterocycles. The van der Waals surface area contributed by atoms with Crippen LogP contribution in [0.2, 0.25) is 5.02 Å². The molecule has 0 atom stereocenters. The van der Waals surface area contributed by atoms with E-state index in [2.05, 4.69) is 10.2 Å². The molecule has 0 aliphatic heterocycles. The Labute approximate surface area is 131 Å². The zero-order valence-electron chi connectivity index (χ0n) is 11.5. The molecule has 0 saturated heterocycles. The van der Waals surface area contributed by atoms with Gasteiger partial charge in [0.25, 0.3) is 0 Å². The van der Waals surface area contributed by atoms with Crippen molar-refractivity contribution >= 4 is 28.3 Å². The summed E-state index contributed by atoms with van der Waals surface area (Å²) in [6.45, 7) is 0.251. The van der Waals surface area contributed by atoms with E-state index in [0.29, 0.717) is 16.3 Å². The quantitative estimate of drug-likeness (QED) is 0.337. The number of rotatable bonds is 3. The highest BCUT2D eigenvalue weighted by atomic mass is 35.5. The molecule has 22 heavy (non-hydrogen) atoms. The molecule has 0 saturated carbocycles. The van der Waals surface area contributed by atoms with E-state index in [0.717, 1.165) is 10.9 Å². The van der Waals surface area contributed by atoms with Gasteiger partial charge in [0.15, 0.2) is 5.84 Å². The van der Waals surface area contributed by atoms with Crippen molar-refractivity contribution in [1.29, 1.82) is 0 Å². The summed E-state index contributed by atoms with van der Waals surface area (Å²) in [6, 6.07) is 11.8. The van der Waals surface area contributed by atoms with E-state index in [1.54, 1.807) is 41.1 Å². The number of benzene rings is 2. The third-order valence-corrected chi connectivity index (χ3v) is 3.61. The summed E-state index contributed by atoms with van der Waals surface area (Å²) < 4.78 is 15.5. The van der Waals surface area contributed by atoms with Crippen molar-refractivity contribution in [3.8, 4) is 0 Å². The van der Waals surface area contributed by atoms with Crippen LogP contribution < -0.4 is 11.6 Å². The molecule has 0 aliphatic carbocycles. The summed E-state index contributed by atoms with van der Waals surface area (Å²) in [5, 5.41) is 9.18. The number of aromatic nitrogens is 2. The van der Waals surface area contributed by atoms with E-state index >= 15 is 0 Å². The molecule has 112 valence electrons. The fraction of sp³-hybridized carbons (Fsp3) is 0.0667. The molecule has 1 aromatic heterocycles. The van der Waals surface area contributed by atoms with Crippen LogP contribution >= 0.6 is 11.6 Å². The van der Waals surface area contributed by atoms with E-state index in [9.17, 15) is 4.39 Å². The van der Waals surface area contributed by atoms with Gasteiger partial charge in [-0.2, -0.15) is 10.2 Å². The van der Waals surface area contributed by atoms with Crippen molar-refractivity contribution in [2.45, 2.75) is 6.54 Å². The third-order valence-electron chi connectivity index (χ3n) is 3.37. The van der Waals surface area contributed by atoms with Crippen molar-refractivity contribution in [2.75, 3.05) is 0 Å². The van der Waals surface area contributed by atoms with E-state index in [4.69, 9.17) is 23.2 Å². The first kappa shape index (κ1) is 14.3. The van der Waals surface area contributed by atoms with Crippen LogP contribution in [0.3, 0.4) is 0 Å². The highest BCUT2D eigenvalue weighted by Gasteiger charge is 2.15. The van der Waals surface area contributed by atoms with Gasteiger partial charge in [0.05, 0.1) is 12.1 Å². The minimum atomic E-state index is -0.296. The third kappa shape index (κ3) is 2.48. The standard InChI is InChI=1S/C15H13ClFN5/c16-10-5-6-11-13(7-10)22(21-14(11)15(18)20-19)8-9-3-1-2-4-12(9)17/h1-7H,8,19H2,(H2,18,20). The van der Waals surface area contributed by atoms with Gasteiger partial charge in [-0.3, -0.25) is 4.68 Å². The minimum Gasteiger partial charge on any atom is -0.380 e. The van der Waals surface area contributed by atoms with E-state index in [1.807, 2.05) is 0 Å². The fourth-order valence-electron chi connectivity index (χ4n) is 2.31. The molecular weight excluding hydrogens is 305 g/mol. The van der Waals surface area contributed by atoms with Crippen molar-refractivity contribution in [2.24, 2.45) is 16.7 Å². The molecular formula is C15H13ClFN5. The van der Waals surface area contributed by atoms with Gasteiger partial charge in [-0.1, -0.05) is 29.8 Å². The predicted octanol–water partition coefficient (Wildman–Crippen LogP) is 2.46. The van der Waals surface area contributed by atoms with E-state index in [-0.39, 0.29) is 18.2 Å². The molecule has 4 N–H and O–H groups in total. The number of halogens is 2. The van der Waals surface area contributed by atoms with Crippen molar-refractivity contribution < 1.29 is 4.39 Å². The Morgan fingerprint density at radius 3 is 2.77 bits per heavy atom. The summed E-state index contributed by atoms with van der Waals surface area (Å²) in [4.78, 5) is 0. The lowest BCUT2D eigenvalue weighted by molar-refractivity contribution is 0.590. The number of amidine groups is 1. The number of hydrogen-bond donors (Lipinski definition) is 2. The molecule has 5 nitrogen and oxygen atoms in total. The van der Waals surface area contributed by atoms with Crippen LogP contribution in [-0.2, 0) is 6.54 Å². The summed E-state index contributed by atoms with van der Waals surface area (Å²) in [5.41, 5.74) is 7.48. The Hall–Kier alpha value is -2.60. The van der Waals surface area contributed by atoms with Gasteiger partial charge in [0.1, 0.15) is 11.5 Å². The van der Waals surface area contributed by atoms with Crippen LogP contribution in [0.15, 0.2) is 47.6 Å². The summed E-state index contributed by atoms with van der Waals surface area (Å²) >= 11 is 6.05. The molecule has 0 aliphatic rings. The first-order valence-electron chi connectivity index (χ1n) is 6.53. The van der Waals surface area contributed by atoms with E-state index in [1.165, 1.54) is 6.07 Å². The largest absolute Gasteiger partial charge is 0.380 e. The molecule has 3 rings (SSSR count). The van der Waals surface area contributed by atoms with Crippen LogP contribution in [0.5, 0.6) is 0 Å². The number of fused-ring (bicyclic) bond motifs is 1.